The molecule has 1 aromatic carbocycles. The molecule has 0 bridgehead atoms. The Labute approximate surface area is 127 Å². The van der Waals surface area contributed by atoms with Gasteiger partial charge >= 0.3 is 0 Å². The number of non-ortho nitro benzene ring substituents is 1. The van der Waals surface area contributed by atoms with Gasteiger partial charge in [-0.2, -0.15) is 4.98 Å². The first-order valence-electron chi connectivity index (χ1n) is 5.33. The van der Waals surface area contributed by atoms with Crippen LogP contribution in [0.25, 0.3) is 0 Å². The van der Waals surface area contributed by atoms with Crippen LogP contribution in [-0.4, -0.2) is 21.9 Å². The molecule has 0 aliphatic rings. The number of ether oxygens (including phenoxy) is 1. The van der Waals surface area contributed by atoms with Gasteiger partial charge in [0.2, 0.25) is 11.8 Å². The van der Waals surface area contributed by atoms with Crippen molar-refractivity contribution < 1.29 is 9.66 Å². The van der Waals surface area contributed by atoms with Crippen LogP contribution in [-0.2, 0) is 0 Å². The molecule has 1 aromatic heterocycles. The molecule has 0 aliphatic carbocycles. The summed E-state index contributed by atoms with van der Waals surface area (Å²) in [4.78, 5) is 18.3. The van der Waals surface area contributed by atoms with E-state index in [-0.39, 0.29) is 22.3 Å². The summed E-state index contributed by atoms with van der Waals surface area (Å²) in [6.07, 6.45) is 1.50. The Balaban J connectivity index is 2.38. The highest BCUT2D eigenvalue weighted by Gasteiger charge is 2.14. The van der Waals surface area contributed by atoms with Gasteiger partial charge in [0, 0.05) is 13.1 Å². The fourth-order valence-corrected chi connectivity index (χ4v) is 1.76. The molecule has 1 heterocycles. The number of nitrogens with one attached hydrogen (secondary N) is 1. The molecule has 7 nitrogen and oxygen atoms in total. The van der Waals surface area contributed by atoms with Crippen molar-refractivity contribution in [3.63, 3.8) is 0 Å². The van der Waals surface area contributed by atoms with Gasteiger partial charge in [0.05, 0.1) is 26.7 Å². The topological polar surface area (TPSA) is 90.2 Å². The predicted octanol–water partition coefficient (Wildman–Crippen LogP) is 3.63. The Morgan fingerprint density at radius 1 is 1.50 bits per heavy atom. The van der Waals surface area contributed by atoms with E-state index in [0.29, 0.717) is 10.4 Å². The normalized spacial score (nSPS) is 10.2. The Bertz CT molecular complexity index is 668. The van der Waals surface area contributed by atoms with Crippen LogP contribution < -0.4 is 10.1 Å². The Kier molecular flexibility index (Phi) is 4.35. The van der Waals surface area contributed by atoms with Gasteiger partial charge in [0.1, 0.15) is 0 Å². The van der Waals surface area contributed by atoms with E-state index in [1.54, 1.807) is 7.05 Å². The highest BCUT2D eigenvalue weighted by atomic mass is 79.9. The van der Waals surface area contributed by atoms with Crippen molar-refractivity contribution in [3.05, 3.63) is 44.0 Å². The molecule has 0 saturated carbocycles. The van der Waals surface area contributed by atoms with Gasteiger partial charge < -0.3 is 10.1 Å². The number of nitro groups is 1. The van der Waals surface area contributed by atoms with Gasteiger partial charge in [-0.25, -0.2) is 4.98 Å². The van der Waals surface area contributed by atoms with Crippen molar-refractivity contribution in [2.45, 2.75) is 0 Å². The van der Waals surface area contributed by atoms with E-state index in [1.807, 2.05) is 0 Å². The maximum absolute atomic E-state index is 10.7. The standard InChI is InChI=1S/C11H8BrClN4O3/c1-14-11-15-5-7(12)10(16-11)20-9-4-6(17(18)19)2-3-8(9)13/h2-5H,1H3,(H,14,15,16). The molecule has 1 N–H and O–H groups in total. The van der Waals surface area contributed by atoms with E-state index in [4.69, 9.17) is 16.3 Å². The van der Waals surface area contributed by atoms with E-state index >= 15 is 0 Å². The summed E-state index contributed by atoms with van der Waals surface area (Å²) in [6.45, 7) is 0. The number of benzene rings is 1. The number of hydrogen-bond donors (Lipinski definition) is 1. The number of aromatic nitrogens is 2. The van der Waals surface area contributed by atoms with Gasteiger partial charge in [-0.15, -0.1) is 0 Å². The van der Waals surface area contributed by atoms with Gasteiger partial charge in [-0.3, -0.25) is 10.1 Å². The second-order valence-electron chi connectivity index (χ2n) is 3.57. The zero-order chi connectivity index (χ0) is 14.7. The average molecular weight is 360 g/mol. The van der Waals surface area contributed by atoms with Crippen LogP contribution in [0.4, 0.5) is 11.6 Å². The molecular formula is C11H8BrClN4O3. The Morgan fingerprint density at radius 3 is 2.90 bits per heavy atom. The highest BCUT2D eigenvalue weighted by Crippen LogP contribution is 2.34. The fraction of sp³-hybridized carbons (Fsp3) is 0.0909. The predicted molar refractivity (Wildman–Crippen MR) is 77.5 cm³/mol. The molecule has 0 amide bonds. The third-order valence-corrected chi connectivity index (χ3v) is 3.12. The summed E-state index contributed by atoms with van der Waals surface area (Å²) < 4.78 is 6.00. The third-order valence-electron chi connectivity index (χ3n) is 2.27. The van der Waals surface area contributed by atoms with Gasteiger partial charge in [0.15, 0.2) is 5.75 Å². The number of hydrogen-bond acceptors (Lipinski definition) is 6. The molecular weight excluding hydrogens is 352 g/mol. The van der Waals surface area contributed by atoms with Crippen molar-refractivity contribution >= 4 is 39.2 Å². The van der Waals surface area contributed by atoms with Crippen molar-refractivity contribution in [2.75, 3.05) is 12.4 Å². The van der Waals surface area contributed by atoms with Crippen molar-refractivity contribution in [3.8, 4) is 11.6 Å². The maximum atomic E-state index is 10.7. The molecule has 0 fully saturated rings. The zero-order valence-corrected chi connectivity index (χ0v) is 12.5. The molecule has 0 radical (unpaired) electrons. The molecule has 0 unspecified atom stereocenters. The second-order valence-corrected chi connectivity index (χ2v) is 4.83. The molecule has 2 rings (SSSR count). The summed E-state index contributed by atoms with van der Waals surface area (Å²) in [7, 11) is 1.66. The minimum Gasteiger partial charge on any atom is -0.436 e. The lowest BCUT2D eigenvalue weighted by molar-refractivity contribution is -0.384. The lowest BCUT2D eigenvalue weighted by Gasteiger charge is -2.09. The first-order chi connectivity index (χ1) is 9.51. The van der Waals surface area contributed by atoms with E-state index in [2.05, 4.69) is 31.2 Å². The molecule has 0 atom stereocenters. The number of nitrogens with zero attached hydrogens (tertiary/aromatic N) is 3. The maximum Gasteiger partial charge on any atom is 0.273 e. The van der Waals surface area contributed by atoms with Crippen LogP contribution in [0.2, 0.25) is 5.02 Å². The second kappa shape index (κ2) is 6.02. The molecule has 9 heteroatoms. The van der Waals surface area contributed by atoms with Crippen LogP contribution >= 0.6 is 27.5 Å². The molecule has 104 valence electrons. The Morgan fingerprint density at radius 2 is 2.25 bits per heavy atom. The summed E-state index contributed by atoms with van der Waals surface area (Å²) in [6, 6.07) is 3.92. The smallest absolute Gasteiger partial charge is 0.273 e. The van der Waals surface area contributed by atoms with Crippen molar-refractivity contribution in [2.24, 2.45) is 0 Å². The lowest BCUT2D eigenvalue weighted by atomic mass is 10.3. The first kappa shape index (κ1) is 14.5. The first-order valence-corrected chi connectivity index (χ1v) is 6.50. The minimum absolute atomic E-state index is 0.122. The summed E-state index contributed by atoms with van der Waals surface area (Å²) >= 11 is 9.19. The van der Waals surface area contributed by atoms with E-state index in [1.165, 1.54) is 24.4 Å². The van der Waals surface area contributed by atoms with E-state index in [9.17, 15) is 10.1 Å². The average Bonchev–Trinajstić information content (AvgIpc) is 2.43. The van der Waals surface area contributed by atoms with E-state index < -0.39 is 4.92 Å². The van der Waals surface area contributed by atoms with Crippen LogP contribution in [0.3, 0.4) is 0 Å². The third kappa shape index (κ3) is 3.14. The number of nitro benzene ring substituents is 1. The summed E-state index contributed by atoms with van der Waals surface area (Å²) in [5.74, 6) is 0.693. The Hall–Kier alpha value is -1.93. The monoisotopic (exact) mass is 358 g/mol. The molecule has 0 saturated heterocycles. The van der Waals surface area contributed by atoms with Crippen LogP contribution in [0, 0.1) is 10.1 Å². The van der Waals surface area contributed by atoms with Gasteiger partial charge in [0.25, 0.3) is 5.69 Å². The molecule has 0 spiro atoms. The van der Waals surface area contributed by atoms with Gasteiger partial charge in [-0.1, -0.05) is 11.6 Å². The van der Waals surface area contributed by atoms with Crippen molar-refractivity contribution in [1.29, 1.82) is 0 Å². The van der Waals surface area contributed by atoms with Gasteiger partial charge in [-0.05, 0) is 22.0 Å². The lowest BCUT2D eigenvalue weighted by Crippen LogP contribution is -1.99. The largest absolute Gasteiger partial charge is 0.436 e. The molecule has 20 heavy (non-hydrogen) atoms. The number of halogens is 2. The van der Waals surface area contributed by atoms with Crippen LogP contribution in [0.1, 0.15) is 0 Å². The quantitative estimate of drug-likeness (QED) is 0.662. The summed E-state index contributed by atoms with van der Waals surface area (Å²) in [5, 5.41) is 13.7. The SMILES string of the molecule is CNc1ncc(Br)c(Oc2cc([N+](=O)[O-])ccc2Cl)n1. The number of anilines is 1. The van der Waals surface area contributed by atoms with E-state index in [0.717, 1.165) is 0 Å². The highest BCUT2D eigenvalue weighted by molar-refractivity contribution is 9.10. The van der Waals surface area contributed by atoms with Crippen LogP contribution in [0.5, 0.6) is 11.6 Å². The number of rotatable bonds is 4. The van der Waals surface area contributed by atoms with Crippen LogP contribution in [0.15, 0.2) is 28.9 Å². The summed E-state index contributed by atoms with van der Waals surface area (Å²) in [5.41, 5.74) is -0.122. The zero-order valence-electron chi connectivity index (χ0n) is 10.1. The fourth-order valence-electron chi connectivity index (χ4n) is 1.33. The minimum atomic E-state index is -0.531. The molecule has 2 aromatic rings. The van der Waals surface area contributed by atoms with Crippen molar-refractivity contribution in [1.82, 2.24) is 9.97 Å². The molecule has 0 aliphatic heterocycles.